The fraction of sp³-hybridized carbons (Fsp3) is 0.548. The largest absolute Gasteiger partial charge is 0.508 e. The molecular formula is C42H62N8O9. The molecule has 7 unspecified atom stereocenters. The first-order valence-electron chi connectivity index (χ1n) is 20.4. The molecule has 0 saturated carbocycles. The molecule has 324 valence electrons. The molecule has 0 spiro atoms. The summed E-state index contributed by atoms with van der Waals surface area (Å²) in [5, 5.41) is 35.8. The molecule has 10 N–H and O–H groups in total. The average molecular weight is 823 g/mol. The second-order valence-electron chi connectivity index (χ2n) is 15.1. The lowest BCUT2D eigenvalue weighted by Gasteiger charge is -2.32. The Bertz CT molecular complexity index is 1710. The number of aromatic hydroxyl groups is 1. The van der Waals surface area contributed by atoms with Gasteiger partial charge in [0.15, 0.2) is 0 Å². The van der Waals surface area contributed by atoms with Gasteiger partial charge in [-0.3, -0.25) is 24.0 Å². The number of phenols is 1. The van der Waals surface area contributed by atoms with Crippen LogP contribution >= 0.6 is 0 Å². The molecule has 2 aromatic rings. The van der Waals surface area contributed by atoms with Crippen molar-refractivity contribution in [2.24, 2.45) is 11.7 Å². The number of carboxylic acid groups (broad SMARTS) is 1. The van der Waals surface area contributed by atoms with Crippen LogP contribution in [0.2, 0.25) is 0 Å². The molecule has 0 aromatic heterocycles. The SMILES string of the molecule is CCC(C)C1NC(=O)C(NC(=O)NC(CCCCN)C(=O)O)CCCCNC(=O)C(Cc2ccccc2)NC(=O)C(C)N(C)C(=O)C(CCc2ccc(O)cc2)NC1=O. The minimum absolute atomic E-state index is 0.0606. The van der Waals surface area contributed by atoms with E-state index in [1.54, 1.807) is 19.1 Å². The summed E-state index contributed by atoms with van der Waals surface area (Å²) in [5.41, 5.74) is 7.11. The number of phenolic OH excluding ortho intramolecular Hbond substituents is 1. The van der Waals surface area contributed by atoms with Crippen molar-refractivity contribution in [2.45, 2.75) is 121 Å². The van der Waals surface area contributed by atoms with Crippen molar-refractivity contribution in [3.63, 3.8) is 0 Å². The Morgan fingerprint density at radius 1 is 0.881 bits per heavy atom. The van der Waals surface area contributed by atoms with Crippen LogP contribution in [0.4, 0.5) is 4.79 Å². The molecule has 59 heavy (non-hydrogen) atoms. The monoisotopic (exact) mass is 822 g/mol. The van der Waals surface area contributed by atoms with Gasteiger partial charge in [-0.15, -0.1) is 0 Å². The molecule has 17 nitrogen and oxygen atoms in total. The van der Waals surface area contributed by atoms with Gasteiger partial charge in [-0.1, -0.05) is 62.7 Å². The van der Waals surface area contributed by atoms with Gasteiger partial charge in [0.2, 0.25) is 29.5 Å². The number of aryl methyl sites for hydroxylation is 1. The number of amides is 7. The Hall–Kier alpha value is -5.71. The quantitative estimate of drug-likeness (QED) is 0.124. The van der Waals surface area contributed by atoms with Gasteiger partial charge in [-0.05, 0) is 94.0 Å². The number of benzene rings is 2. The zero-order chi connectivity index (χ0) is 43.5. The molecule has 0 bridgehead atoms. The number of carboxylic acids is 1. The molecular weight excluding hydrogens is 761 g/mol. The summed E-state index contributed by atoms with van der Waals surface area (Å²) in [6.45, 7) is 5.64. The summed E-state index contributed by atoms with van der Waals surface area (Å²) in [5.74, 6) is -4.62. The second-order valence-corrected chi connectivity index (χ2v) is 15.1. The summed E-state index contributed by atoms with van der Waals surface area (Å²) in [7, 11) is 1.43. The van der Waals surface area contributed by atoms with Crippen LogP contribution < -0.4 is 37.6 Å². The van der Waals surface area contributed by atoms with Crippen LogP contribution in [-0.2, 0) is 41.6 Å². The normalized spacial score (nSPS) is 22.6. The van der Waals surface area contributed by atoms with Gasteiger partial charge in [0.05, 0.1) is 0 Å². The molecule has 7 amide bonds. The molecule has 17 heteroatoms. The summed E-state index contributed by atoms with van der Waals surface area (Å²) in [6, 6.07) is 7.78. The first-order valence-corrected chi connectivity index (χ1v) is 20.4. The molecule has 1 heterocycles. The highest BCUT2D eigenvalue weighted by Gasteiger charge is 2.36. The maximum Gasteiger partial charge on any atom is 0.326 e. The number of nitrogens with one attached hydrogen (secondary N) is 6. The number of rotatable bonds is 14. The van der Waals surface area contributed by atoms with E-state index in [0.717, 1.165) is 11.1 Å². The Morgan fingerprint density at radius 2 is 1.56 bits per heavy atom. The van der Waals surface area contributed by atoms with E-state index in [4.69, 9.17) is 5.73 Å². The van der Waals surface area contributed by atoms with Crippen molar-refractivity contribution in [1.82, 2.24) is 36.8 Å². The minimum atomic E-state index is -1.25. The van der Waals surface area contributed by atoms with E-state index in [1.807, 2.05) is 37.3 Å². The number of urea groups is 1. The molecule has 1 saturated heterocycles. The summed E-state index contributed by atoms with van der Waals surface area (Å²) >= 11 is 0. The molecule has 2 aromatic carbocycles. The van der Waals surface area contributed by atoms with Crippen LogP contribution in [0, 0.1) is 5.92 Å². The van der Waals surface area contributed by atoms with Gasteiger partial charge in [-0.25, -0.2) is 9.59 Å². The van der Waals surface area contributed by atoms with Gasteiger partial charge in [0.1, 0.15) is 42.0 Å². The zero-order valence-electron chi connectivity index (χ0n) is 34.5. The first-order chi connectivity index (χ1) is 28.1. The molecule has 1 fully saturated rings. The third-order valence-electron chi connectivity index (χ3n) is 10.7. The van der Waals surface area contributed by atoms with Crippen molar-refractivity contribution in [2.75, 3.05) is 20.1 Å². The predicted molar refractivity (Wildman–Crippen MR) is 221 cm³/mol. The number of likely N-dealkylation sites (N-methyl/N-ethyl adjacent to an activating group) is 1. The number of nitrogens with two attached hydrogens (primary N) is 1. The number of hydrogen-bond acceptors (Lipinski definition) is 9. The number of hydrogen-bond donors (Lipinski definition) is 9. The van der Waals surface area contributed by atoms with Crippen molar-refractivity contribution >= 4 is 41.5 Å². The highest BCUT2D eigenvalue weighted by atomic mass is 16.4. The lowest BCUT2D eigenvalue weighted by Crippen LogP contribution is -2.60. The minimum Gasteiger partial charge on any atom is -0.508 e. The molecule has 3 rings (SSSR count). The molecule has 0 radical (unpaired) electrons. The van der Waals surface area contributed by atoms with E-state index in [9.17, 15) is 43.8 Å². The Balaban J connectivity index is 1.98. The smallest absolute Gasteiger partial charge is 0.326 e. The van der Waals surface area contributed by atoms with E-state index in [0.29, 0.717) is 45.1 Å². The van der Waals surface area contributed by atoms with Gasteiger partial charge in [0, 0.05) is 20.0 Å². The number of aliphatic carboxylic acids is 1. The van der Waals surface area contributed by atoms with Crippen LogP contribution in [0.25, 0.3) is 0 Å². The maximum absolute atomic E-state index is 14.2. The van der Waals surface area contributed by atoms with E-state index in [-0.39, 0.29) is 38.0 Å². The van der Waals surface area contributed by atoms with Crippen molar-refractivity contribution in [1.29, 1.82) is 0 Å². The van der Waals surface area contributed by atoms with Crippen molar-refractivity contribution < 1.29 is 43.8 Å². The van der Waals surface area contributed by atoms with Crippen LogP contribution in [0.3, 0.4) is 0 Å². The zero-order valence-corrected chi connectivity index (χ0v) is 34.5. The Labute approximate surface area is 346 Å². The number of carbonyl (C=O) groups is 7. The molecule has 0 aliphatic carbocycles. The van der Waals surface area contributed by atoms with Crippen LogP contribution in [0.1, 0.15) is 83.3 Å². The van der Waals surface area contributed by atoms with Crippen molar-refractivity contribution in [3.8, 4) is 5.75 Å². The van der Waals surface area contributed by atoms with E-state index in [1.165, 1.54) is 31.0 Å². The summed E-state index contributed by atoms with van der Waals surface area (Å²) in [4.78, 5) is 96.0. The van der Waals surface area contributed by atoms with Gasteiger partial charge >= 0.3 is 12.0 Å². The highest BCUT2D eigenvalue weighted by molar-refractivity contribution is 5.96. The topological polar surface area (TPSA) is 261 Å². The van der Waals surface area contributed by atoms with E-state index < -0.39 is 83.7 Å². The third kappa shape index (κ3) is 15.5. The van der Waals surface area contributed by atoms with Gasteiger partial charge < -0.3 is 52.7 Å². The standard InChI is InChI=1S/C42H62N8O9/c1-5-26(2)35-39(55)45-32(22-19-28-17-20-30(51)21-18-28)40(56)50(4)27(3)36(52)46-34(25-29-13-7-6-8-14-29)37(53)44-24-12-10-15-31(38(54)49-35)47-42(59)48-33(41(57)58)16-9-11-23-43/h6-8,13-14,17-18,20-21,26-27,31-35,51H,5,9-12,15-16,19,22-25,43H2,1-4H3,(H,44,53)(H,45,55)(H,46,52)(H,49,54)(H,57,58)(H2,47,48,59). The summed E-state index contributed by atoms with van der Waals surface area (Å²) in [6.07, 6.45) is 2.90. The van der Waals surface area contributed by atoms with Crippen molar-refractivity contribution in [3.05, 3.63) is 65.7 Å². The fourth-order valence-electron chi connectivity index (χ4n) is 6.60. The number of unbranched alkanes of at least 4 members (excludes halogenated alkanes) is 1. The lowest BCUT2D eigenvalue weighted by atomic mass is 9.96. The summed E-state index contributed by atoms with van der Waals surface area (Å²) < 4.78 is 0. The number of carbonyl (C=O) groups excluding carboxylic acids is 6. The van der Waals surface area contributed by atoms with Gasteiger partial charge in [0.25, 0.3) is 0 Å². The molecule has 1 aliphatic heterocycles. The van der Waals surface area contributed by atoms with Crippen LogP contribution in [0.5, 0.6) is 5.75 Å². The first kappa shape index (κ1) is 47.7. The predicted octanol–water partition coefficient (Wildman–Crippen LogP) is 1.47. The fourth-order valence-corrected chi connectivity index (χ4v) is 6.60. The number of nitrogens with zero attached hydrogens (tertiary/aromatic N) is 1. The average Bonchev–Trinajstić information content (AvgIpc) is 3.22. The third-order valence-corrected chi connectivity index (χ3v) is 10.7. The van der Waals surface area contributed by atoms with E-state index in [2.05, 4.69) is 31.9 Å². The van der Waals surface area contributed by atoms with E-state index >= 15 is 0 Å². The van der Waals surface area contributed by atoms with Crippen LogP contribution in [0.15, 0.2) is 54.6 Å². The highest BCUT2D eigenvalue weighted by Crippen LogP contribution is 2.16. The maximum atomic E-state index is 14.2. The van der Waals surface area contributed by atoms with Crippen LogP contribution in [-0.4, -0.2) is 113 Å². The Morgan fingerprint density at radius 3 is 2.20 bits per heavy atom. The molecule has 1 aliphatic rings. The molecule has 7 atom stereocenters. The van der Waals surface area contributed by atoms with Gasteiger partial charge in [-0.2, -0.15) is 0 Å². The second kappa shape index (κ2) is 24.3. The Kier molecular flexibility index (Phi) is 19.6. The lowest BCUT2D eigenvalue weighted by molar-refractivity contribution is -0.142.